The molecule has 0 amide bonds. The summed E-state index contributed by atoms with van der Waals surface area (Å²) in [5.74, 6) is 0.417. The van der Waals surface area contributed by atoms with Crippen LogP contribution in [0.1, 0.15) is 5.69 Å². The van der Waals surface area contributed by atoms with Crippen molar-refractivity contribution in [3.05, 3.63) is 36.9 Å². The molecular formula is C8H7ClN4. The number of hydrogen-bond donors (Lipinski definition) is 0. The molecule has 0 bridgehead atoms. The second kappa shape index (κ2) is 3.53. The van der Waals surface area contributed by atoms with Crippen molar-refractivity contribution in [1.29, 1.82) is 0 Å². The fourth-order valence-electron chi connectivity index (χ4n) is 0.998. The molecule has 0 aromatic carbocycles. The van der Waals surface area contributed by atoms with Gasteiger partial charge in [-0.3, -0.25) is 0 Å². The average Bonchev–Trinajstić information content (AvgIpc) is 2.67. The van der Waals surface area contributed by atoms with Gasteiger partial charge in [-0.2, -0.15) is 0 Å². The maximum atomic E-state index is 5.62. The molecule has 0 aliphatic heterocycles. The lowest BCUT2D eigenvalue weighted by molar-refractivity contribution is 1.01. The summed E-state index contributed by atoms with van der Waals surface area (Å²) in [6, 6.07) is 0. The second-order valence-corrected chi connectivity index (χ2v) is 2.77. The quantitative estimate of drug-likeness (QED) is 0.679. The number of alkyl halides is 1. The van der Waals surface area contributed by atoms with Crippen LogP contribution in [-0.2, 0) is 5.88 Å². The monoisotopic (exact) mass is 194 g/mol. The van der Waals surface area contributed by atoms with Crippen LogP contribution in [-0.4, -0.2) is 19.5 Å². The third-order valence-corrected chi connectivity index (χ3v) is 1.89. The molecule has 0 spiro atoms. The lowest BCUT2D eigenvalue weighted by atomic mass is 10.5. The molecule has 0 radical (unpaired) electrons. The van der Waals surface area contributed by atoms with Gasteiger partial charge in [-0.1, -0.05) is 0 Å². The molecule has 0 saturated carbocycles. The maximum Gasteiger partial charge on any atom is 0.115 e. The summed E-state index contributed by atoms with van der Waals surface area (Å²) in [5, 5.41) is 0. The fraction of sp³-hybridized carbons (Fsp3) is 0.125. The SMILES string of the molecule is ClCc1cn(-c2cncnc2)cn1. The van der Waals surface area contributed by atoms with E-state index in [1.165, 1.54) is 6.33 Å². The van der Waals surface area contributed by atoms with Crippen LogP contribution in [0.2, 0.25) is 0 Å². The Kier molecular flexibility index (Phi) is 2.23. The number of rotatable bonds is 2. The van der Waals surface area contributed by atoms with Crippen molar-refractivity contribution >= 4 is 11.6 Å². The first kappa shape index (κ1) is 8.19. The van der Waals surface area contributed by atoms with Crippen LogP contribution in [0, 0.1) is 0 Å². The molecule has 0 saturated heterocycles. The van der Waals surface area contributed by atoms with Crippen LogP contribution in [0.3, 0.4) is 0 Å². The molecule has 4 nitrogen and oxygen atoms in total. The summed E-state index contributed by atoms with van der Waals surface area (Å²) in [5.41, 5.74) is 1.72. The van der Waals surface area contributed by atoms with Crippen LogP contribution < -0.4 is 0 Å². The van der Waals surface area contributed by atoms with Gasteiger partial charge in [-0.15, -0.1) is 11.6 Å². The third kappa shape index (κ3) is 1.67. The smallest absolute Gasteiger partial charge is 0.115 e. The molecule has 2 aromatic heterocycles. The Balaban J connectivity index is 2.36. The van der Waals surface area contributed by atoms with E-state index in [9.17, 15) is 0 Å². The van der Waals surface area contributed by atoms with E-state index >= 15 is 0 Å². The fourth-order valence-corrected chi connectivity index (χ4v) is 1.14. The van der Waals surface area contributed by atoms with Gasteiger partial charge in [0.1, 0.15) is 6.33 Å². The molecular weight excluding hydrogens is 188 g/mol. The van der Waals surface area contributed by atoms with Gasteiger partial charge in [0.2, 0.25) is 0 Å². The number of imidazole rings is 1. The molecule has 5 heteroatoms. The van der Waals surface area contributed by atoms with Gasteiger partial charge < -0.3 is 4.57 Å². The molecule has 2 heterocycles. The van der Waals surface area contributed by atoms with Crippen LogP contribution in [0.4, 0.5) is 0 Å². The van der Waals surface area contributed by atoms with Gasteiger partial charge in [0, 0.05) is 6.20 Å². The van der Waals surface area contributed by atoms with Crippen molar-refractivity contribution in [2.24, 2.45) is 0 Å². The first-order valence-corrected chi connectivity index (χ1v) is 4.28. The van der Waals surface area contributed by atoms with E-state index in [0.29, 0.717) is 5.88 Å². The van der Waals surface area contributed by atoms with E-state index in [0.717, 1.165) is 11.4 Å². The highest BCUT2D eigenvalue weighted by Gasteiger charge is 1.98. The highest BCUT2D eigenvalue weighted by molar-refractivity contribution is 6.16. The van der Waals surface area contributed by atoms with Crippen molar-refractivity contribution in [2.75, 3.05) is 0 Å². The zero-order valence-corrected chi connectivity index (χ0v) is 7.52. The standard InChI is InChI=1S/C8H7ClN4/c9-1-7-4-13(6-12-7)8-2-10-5-11-3-8/h2-6H,1H2. The predicted octanol–water partition coefficient (Wildman–Crippen LogP) is 1.40. The van der Waals surface area contributed by atoms with Gasteiger partial charge in [0.25, 0.3) is 0 Å². The van der Waals surface area contributed by atoms with Crippen LogP contribution in [0.25, 0.3) is 5.69 Å². The predicted molar refractivity (Wildman–Crippen MR) is 48.7 cm³/mol. The van der Waals surface area contributed by atoms with Gasteiger partial charge in [-0.25, -0.2) is 15.0 Å². The second-order valence-electron chi connectivity index (χ2n) is 2.50. The Morgan fingerprint density at radius 2 is 2.08 bits per heavy atom. The van der Waals surface area contributed by atoms with E-state index < -0.39 is 0 Å². The van der Waals surface area contributed by atoms with Crippen LogP contribution in [0.15, 0.2) is 31.2 Å². The highest BCUT2D eigenvalue weighted by atomic mass is 35.5. The van der Waals surface area contributed by atoms with Gasteiger partial charge in [0.15, 0.2) is 0 Å². The number of nitrogens with zero attached hydrogens (tertiary/aromatic N) is 4. The largest absolute Gasteiger partial charge is 0.303 e. The summed E-state index contributed by atoms with van der Waals surface area (Å²) >= 11 is 5.62. The van der Waals surface area contributed by atoms with Crippen molar-refractivity contribution in [3.8, 4) is 5.69 Å². The van der Waals surface area contributed by atoms with E-state index in [1.54, 1.807) is 18.7 Å². The Labute approximate surface area is 80.2 Å². The van der Waals surface area contributed by atoms with Crippen molar-refractivity contribution in [2.45, 2.75) is 5.88 Å². The van der Waals surface area contributed by atoms with Crippen LogP contribution >= 0.6 is 11.6 Å². The minimum Gasteiger partial charge on any atom is -0.303 e. The topological polar surface area (TPSA) is 43.6 Å². The Morgan fingerprint density at radius 3 is 2.69 bits per heavy atom. The maximum absolute atomic E-state index is 5.62. The van der Waals surface area contributed by atoms with Crippen molar-refractivity contribution < 1.29 is 0 Å². The zero-order chi connectivity index (χ0) is 9.10. The number of hydrogen-bond acceptors (Lipinski definition) is 3. The molecule has 0 aliphatic carbocycles. The number of aromatic nitrogens is 4. The van der Waals surface area contributed by atoms with Gasteiger partial charge in [-0.05, 0) is 0 Å². The minimum absolute atomic E-state index is 0.417. The summed E-state index contributed by atoms with van der Waals surface area (Å²) in [6.07, 6.45) is 8.46. The summed E-state index contributed by atoms with van der Waals surface area (Å²) in [4.78, 5) is 11.9. The van der Waals surface area contributed by atoms with E-state index in [4.69, 9.17) is 11.6 Å². The van der Waals surface area contributed by atoms with Gasteiger partial charge in [0.05, 0.1) is 36.0 Å². The number of halogens is 1. The highest BCUT2D eigenvalue weighted by Crippen LogP contribution is 2.06. The molecule has 0 atom stereocenters. The molecule has 2 aromatic rings. The molecule has 0 fully saturated rings. The minimum atomic E-state index is 0.417. The first-order valence-electron chi connectivity index (χ1n) is 3.74. The van der Waals surface area contributed by atoms with Crippen molar-refractivity contribution in [3.63, 3.8) is 0 Å². The van der Waals surface area contributed by atoms with E-state index in [1.807, 2.05) is 10.8 Å². The van der Waals surface area contributed by atoms with E-state index in [-0.39, 0.29) is 0 Å². The Bertz CT molecular complexity index is 384. The lowest BCUT2D eigenvalue weighted by Crippen LogP contribution is -1.91. The summed E-state index contributed by atoms with van der Waals surface area (Å²) in [7, 11) is 0. The molecule has 66 valence electrons. The molecule has 0 unspecified atom stereocenters. The zero-order valence-electron chi connectivity index (χ0n) is 6.76. The molecule has 13 heavy (non-hydrogen) atoms. The lowest BCUT2D eigenvalue weighted by Gasteiger charge is -1.97. The summed E-state index contributed by atoms with van der Waals surface area (Å²) in [6.45, 7) is 0. The summed E-state index contributed by atoms with van der Waals surface area (Å²) < 4.78 is 1.83. The first-order chi connectivity index (χ1) is 6.40. The van der Waals surface area contributed by atoms with Gasteiger partial charge >= 0.3 is 0 Å². The Hall–Kier alpha value is -1.42. The molecule has 0 N–H and O–H groups in total. The normalized spacial score (nSPS) is 10.2. The van der Waals surface area contributed by atoms with Crippen LogP contribution in [0.5, 0.6) is 0 Å². The van der Waals surface area contributed by atoms with Crippen molar-refractivity contribution in [1.82, 2.24) is 19.5 Å². The molecule has 0 aliphatic rings. The average molecular weight is 195 g/mol. The van der Waals surface area contributed by atoms with E-state index in [2.05, 4.69) is 15.0 Å². The Morgan fingerprint density at radius 1 is 1.31 bits per heavy atom. The molecule has 2 rings (SSSR count). The third-order valence-electron chi connectivity index (χ3n) is 1.62.